The first-order chi connectivity index (χ1) is 9.24. The van der Waals surface area contributed by atoms with Crippen LogP contribution in [0.2, 0.25) is 0 Å². The molecule has 106 valence electrons. The molecule has 0 aliphatic carbocycles. The van der Waals surface area contributed by atoms with Gasteiger partial charge in [-0.2, -0.15) is 0 Å². The first-order valence-electron chi connectivity index (χ1n) is 7.08. The molecule has 0 aliphatic heterocycles. The van der Waals surface area contributed by atoms with Crippen molar-refractivity contribution in [1.29, 1.82) is 0 Å². The third-order valence-electron chi connectivity index (χ3n) is 3.25. The molecule has 1 aromatic rings. The molecule has 0 bridgehead atoms. The van der Waals surface area contributed by atoms with E-state index in [1.165, 1.54) is 5.56 Å². The van der Waals surface area contributed by atoms with E-state index in [1.807, 2.05) is 18.0 Å². The highest BCUT2D eigenvalue weighted by molar-refractivity contribution is 6.17. The van der Waals surface area contributed by atoms with Gasteiger partial charge in [0.05, 0.1) is 0 Å². The Hall–Kier alpha value is -1.02. The fraction of sp³-hybridized carbons (Fsp3) is 0.562. The number of hydrogen-bond donors (Lipinski definition) is 0. The van der Waals surface area contributed by atoms with Crippen molar-refractivity contribution in [3.8, 4) is 0 Å². The summed E-state index contributed by atoms with van der Waals surface area (Å²) in [4.78, 5) is 13.6. The number of halogens is 1. The maximum absolute atomic E-state index is 11.8. The van der Waals surface area contributed by atoms with E-state index >= 15 is 0 Å². The highest BCUT2D eigenvalue weighted by atomic mass is 35.5. The molecule has 0 atom stereocenters. The molecule has 0 spiro atoms. The summed E-state index contributed by atoms with van der Waals surface area (Å²) in [7, 11) is 1.89. The van der Waals surface area contributed by atoms with E-state index in [4.69, 9.17) is 11.6 Å². The lowest BCUT2D eigenvalue weighted by Crippen LogP contribution is -2.27. The summed E-state index contributed by atoms with van der Waals surface area (Å²) in [5.74, 6) is 0.887. The summed E-state index contributed by atoms with van der Waals surface area (Å²) in [5.41, 5.74) is 1.37. The quantitative estimate of drug-likeness (QED) is 0.497. The zero-order chi connectivity index (χ0) is 13.9. The predicted octanol–water partition coefficient (Wildman–Crippen LogP) is 3.88. The van der Waals surface area contributed by atoms with E-state index < -0.39 is 0 Å². The van der Waals surface area contributed by atoms with Crippen molar-refractivity contribution >= 4 is 17.5 Å². The molecule has 0 radical (unpaired) electrons. The van der Waals surface area contributed by atoms with Gasteiger partial charge in [0, 0.05) is 25.9 Å². The number of alkyl halides is 1. The monoisotopic (exact) mass is 281 g/mol. The molecule has 3 heteroatoms. The number of benzene rings is 1. The summed E-state index contributed by atoms with van der Waals surface area (Å²) >= 11 is 5.60. The number of nitrogens with zero attached hydrogens (tertiary/aromatic N) is 1. The average Bonchev–Trinajstić information content (AvgIpc) is 2.44. The minimum absolute atomic E-state index is 0.241. The fourth-order valence-corrected chi connectivity index (χ4v) is 2.20. The van der Waals surface area contributed by atoms with Gasteiger partial charge in [-0.3, -0.25) is 4.79 Å². The zero-order valence-corrected chi connectivity index (χ0v) is 12.5. The number of rotatable bonds is 9. The molecule has 1 amide bonds. The topological polar surface area (TPSA) is 20.3 Å². The Balaban J connectivity index is 2.09. The summed E-state index contributed by atoms with van der Waals surface area (Å²) in [6.45, 7) is 0.854. The Morgan fingerprint density at radius 1 is 1.11 bits per heavy atom. The van der Waals surface area contributed by atoms with Crippen molar-refractivity contribution in [3.63, 3.8) is 0 Å². The molecule has 0 saturated heterocycles. The number of unbranched alkanes of at least 4 members (excludes halogenated alkanes) is 2. The lowest BCUT2D eigenvalue weighted by molar-refractivity contribution is -0.130. The third kappa shape index (κ3) is 7.22. The molecule has 1 rings (SSSR count). The Morgan fingerprint density at radius 2 is 1.84 bits per heavy atom. The normalized spacial score (nSPS) is 10.4. The van der Waals surface area contributed by atoms with Gasteiger partial charge in [0.15, 0.2) is 0 Å². The molecular weight excluding hydrogens is 258 g/mol. The zero-order valence-electron chi connectivity index (χ0n) is 11.8. The lowest BCUT2D eigenvalue weighted by Gasteiger charge is -2.16. The molecule has 0 fully saturated rings. The minimum Gasteiger partial charge on any atom is -0.346 e. The van der Waals surface area contributed by atoms with Gasteiger partial charge >= 0.3 is 0 Å². The van der Waals surface area contributed by atoms with Gasteiger partial charge in [-0.05, 0) is 37.7 Å². The molecule has 0 unspecified atom stereocenters. The van der Waals surface area contributed by atoms with E-state index in [9.17, 15) is 4.79 Å². The largest absolute Gasteiger partial charge is 0.346 e. The first kappa shape index (κ1) is 16.0. The summed E-state index contributed by atoms with van der Waals surface area (Å²) in [6, 6.07) is 10.5. The summed E-state index contributed by atoms with van der Waals surface area (Å²) in [5, 5.41) is 0. The van der Waals surface area contributed by atoms with Gasteiger partial charge in [-0.25, -0.2) is 0 Å². The van der Waals surface area contributed by atoms with Crippen LogP contribution in [0, 0.1) is 0 Å². The SMILES string of the molecule is CN(CCCCc1ccccc1)C(=O)CCCCCl. The summed E-state index contributed by atoms with van der Waals surface area (Å²) in [6.07, 6.45) is 5.73. The third-order valence-corrected chi connectivity index (χ3v) is 3.52. The Labute approximate surface area is 121 Å². The molecular formula is C16H24ClNO. The standard InChI is InChI=1S/C16H24ClNO/c1-18(16(19)12-5-7-13-17)14-8-6-11-15-9-3-2-4-10-15/h2-4,9-10H,5-8,11-14H2,1H3. The van der Waals surface area contributed by atoms with E-state index in [0.717, 1.165) is 38.6 Å². The van der Waals surface area contributed by atoms with E-state index in [-0.39, 0.29) is 5.91 Å². The van der Waals surface area contributed by atoms with Gasteiger partial charge in [-0.15, -0.1) is 11.6 Å². The maximum atomic E-state index is 11.8. The number of hydrogen-bond acceptors (Lipinski definition) is 1. The second kappa shape index (κ2) is 9.85. The number of carbonyl (C=O) groups excluding carboxylic acids is 1. The maximum Gasteiger partial charge on any atom is 0.222 e. The summed E-state index contributed by atoms with van der Waals surface area (Å²) < 4.78 is 0. The number of aryl methyl sites for hydroxylation is 1. The lowest BCUT2D eigenvalue weighted by atomic mass is 10.1. The van der Waals surface area contributed by atoms with Crippen LogP contribution in [0.5, 0.6) is 0 Å². The van der Waals surface area contributed by atoms with Crippen molar-refractivity contribution in [2.45, 2.75) is 38.5 Å². The van der Waals surface area contributed by atoms with Gasteiger partial charge in [0.1, 0.15) is 0 Å². The predicted molar refractivity (Wildman–Crippen MR) is 81.6 cm³/mol. The van der Waals surface area contributed by atoms with Crippen LogP contribution < -0.4 is 0 Å². The first-order valence-corrected chi connectivity index (χ1v) is 7.61. The Kier molecular flexibility index (Phi) is 8.31. The molecule has 19 heavy (non-hydrogen) atoms. The van der Waals surface area contributed by atoms with Crippen molar-refractivity contribution in [3.05, 3.63) is 35.9 Å². The smallest absolute Gasteiger partial charge is 0.222 e. The van der Waals surface area contributed by atoms with Crippen LogP contribution in [0.4, 0.5) is 0 Å². The van der Waals surface area contributed by atoms with E-state index in [0.29, 0.717) is 12.3 Å². The van der Waals surface area contributed by atoms with Gasteiger partial charge in [0.2, 0.25) is 5.91 Å². The van der Waals surface area contributed by atoms with E-state index in [1.54, 1.807) is 0 Å². The average molecular weight is 282 g/mol. The Morgan fingerprint density at radius 3 is 2.53 bits per heavy atom. The van der Waals surface area contributed by atoms with E-state index in [2.05, 4.69) is 24.3 Å². The number of amides is 1. The molecule has 0 heterocycles. The molecule has 0 saturated carbocycles. The van der Waals surface area contributed by atoms with Crippen molar-refractivity contribution in [2.24, 2.45) is 0 Å². The van der Waals surface area contributed by atoms with Gasteiger partial charge in [-0.1, -0.05) is 30.3 Å². The van der Waals surface area contributed by atoms with Crippen molar-refractivity contribution in [1.82, 2.24) is 4.90 Å². The molecule has 0 aromatic heterocycles. The number of carbonyl (C=O) groups is 1. The minimum atomic E-state index is 0.241. The van der Waals surface area contributed by atoms with Crippen molar-refractivity contribution < 1.29 is 4.79 Å². The van der Waals surface area contributed by atoms with Gasteiger partial charge in [0.25, 0.3) is 0 Å². The second-order valence-corrected chi connectivity index (χ2v) is 5.28. The highest BCUT2D eigenvalue weighted by Crippen LogP contribution is 2.06. The molecule has 0 aliphatic rings. The van der Waals surface area contributed by atoms with Crippen molar-refractivity contribution in [2.75, 3.05) is 19.5 Å². The Bertz CT molecular complexity index is 353. The fourth-order valence-electron chi connectivity index (χ4n) is 2.01. The van der Waals surface area contributed by atoms with Crippen LogP contribution in [0.1, 0.15) is 37.7 Å². The molecule has 0 N–H and O–H groups in total. The van der Waals surface area contributed by atoms with Crippen LogP contribution >= 0.6 is 11.6 Å². The van der Waals surface area contributed by atoms with Crippen LogP contribution in [0.15, 0.2) is 30.3 Å². The van der Waals surface area contributed by atoms with Gasteiger partial charge < -0.3 is 4.90 Å². The molecule has 2 nitrogen and oxygen atoms in total. The van der Waals surface area contributed by atoms with Crippen LogP contribution in [-0.2, 0) is 11.2 Å². The van der Waals surface area contributed by atoms with Crippen LogP contribution in [-0.4, -0.2) is 30.3 Å². The molecule has 1 aromatic carbocycles. The second-order valence-electron chi connectivity index (χ2n) is 4.90. The highest BCUT2D eigenvalue weighted by Gasteiger charge is 2.07. The van der Waals surface area contributed by atoms with Crippen LogP contribution in [0.25, 0.3) is 0 Å². The van der Waals surface area contributed by atoms with Crippen LogP contribution in [0.3, 0.4) is 0 Å².